The average molecular weight is 246 g/mol. The number of hydrogen-bond donors (Lipinski definition) is 1. The van der Waals surface area contributed by atoms with Crippen molar-refractivity contribution in [1.82, 2.24) is 0 Å². The molecule has 0 atom stereocenters. The number of rotatable bonds is 3. The third-order valence-corrected chi connectivity index (χ3v) is 2.67. The Hall–Kier alpha value is -2.07. The van der Waals surface area contributed by atoms with Crippen molar-refractivity contribution in [2.75, 3.05) is 20.3 Å². The van der Waals surface area contributed by atoms with Crippen LogP contribution in [-0.4, -0.2) is 31.4 Å². The number of aliphatic hydroxyl groups excluding tert-OH is 1. The van der Waals surface area contributed by atoms with Crippen LogP contribution >= 0.6 is 0 Å². The van der Waals surface area contributed by atoms with Gasteiger partial charge < -0.3 is 14.6 Å². The van der Waals surface area contributed by atoms with Crippen molar-refractivity contribution in [3.05, 3.63) is 47.6 Å². The fourth-order valence-electron chi connectivity index (χ4n) is 1.72. The lowest BCUT2D eigenvalue weighted by Crippen LogP contribution is -2.15. The zero-order chi connectivity index (χ0) is 13.0. The maximum Gasteiger partial charge on any atom is 0.339 e. The van der Waals surface area contributed by atoms with Crippen LogP contribution in [0.1, 0.15) is 5.56 Å². The summed E-state index contributed by atoms with van der Waals surface area (Å²) in [4.78, 5) is 11.7. The summed E-state index contributed by atoms with van der Waals surface area (Å²) in [5.74, 6) is 0.380. The van der Waals surface area contributed by atoms with Gasteiger partial charge in [-0.15, -0.1) is 0 Å². The Morgan fingerprint density at radius 2 is 2.11 bits per heavy atom. The first-order valence-electron chi connectivity index (χ1n) is 5.57. The third-order valence-electron chi connectivity index (χ3n) is 2.67. The van der Waals surface area contributed by atoms with E-state index in [0.29, 0.717) is 5.57 Å². The quantitative estimate of drug-likeness (QED) is 0.822. The Balaban J connectivity index is 2.34. The molecule has 1 aromatic carbocycles. The number of ether oxygens (including phenoxy) is 2. The van der Waals surface area contributed by atoms with Crippen LogP contribution in [-0.2, 0) is 9.53 Å². The predicted molar refractivity (Wildman–Crippen MR) is 67.1 cm³/mol. The van der Waals surface area contributed by atoms with Crippen molar-refractivity contribution in [2.24, 2.45) is 0 Å². The van der Waals surface area contributed by atoms with E-state index in [1.54, 1.807) is 43.5 Å². The van der Waals surface area contributed by atoms with E-state index >= 15 is 0 Å². The first-order chi connectivity index (χ1) is 8.74. The van der Waals surface area contributed by atoms with Crippen molar-refractivity contribution in [3.63, 3.8) is 0 Å². The zero-order valence-electron chi connectivity index (χ0n) is 10.1. The van der Waals surface area contributed by atoms with Crippen LogP contribution < -0.4 is 4.74 Å². The molecular formula is C14H14O4. The molecule has 1 aromatic rings. The summed E-state index contributed by atoms with van der Waals surface area (Å²) in [6.07, 6.45) is 3.36. The molecule has 1 heterocycles. The molecule has 18 heavy (non-hydrogen) atoms. The molecule has 4 nitrogen and oxygen atoms in total. The molecule has 0 bridgehead atoms. The van der Waals surface area contributed by atoms with Crippen molar-refractivity contribution in [1.29, 1.82) is 0 Å². The number of hydrogen-bond acceptors (Lipinski definition) is 4. The van der Waals surface area contributed by atoms with Crippen molar-refractivity contribution in [3.8, 4) is 5.75 Å². The molecule has 0 fully saturated rings. The van der Waals surface area contributed by atoms with E-state index in [-0.39, 0.29) is 19.2 Å². The first kappa shape index (κ1) is 12.4. The molecule has 1 aliphatic rings. The average Bonchev–Trinajstić information content (AvgIpc) is 2.41. The fourth-order valence-corrected chi connectivity index (χ4v) is 1.72. The molecule has 0 aliphatic carbocycles. The van der Waals surface area contributed by atoms with Crippen molar-refractivity contribution < 1.29 is 19.4 Å². The fraction of sp³-hybridized carbons (Fsp3) is 0.214. The molecule has 94 valence electrons. The van der Waals surface area contributed by atoms with Crippen LogP contribution in [0.4, 0.5) is 0 Å². The van der Waals surface area contributed by atoms with E-state index < -0.39 is 0 Å². The second-order valence-electron chi connectivity index (χ2n) is 3.82. The van der Waals surface area contributed by atoms with Gasteiger partial charge in [0, 0.05) is 0 Å². The van der Waals surface area contributed by atoms with Gasteiger partial charge in [-0.1, -0.05) is 18.2 Å². The van der Waals surface area contributed by atoms with Gasteiger partial charge >= 0.3 is 5.97 Å². The van der Waals surface area contributed by atoms with Gasteiger partial charge in [0.25, 0.3) is 0 Å². The molecule has 4 heteroatoms. The van der Waals surface area contributed by atoms with E-state index in [1.165, 1.54) is 0 Å². The summed E-state index contributed by atoms with van der Waals surface area (Å²) in [5.41, 5.74) is 2.05. The zero-order valence-corrected chi connectivity index (χ0v) is 10.1. The molecule has 0 unspecified atom stereocenters. The first-order valence-corrected chi connectivity index (χ1v) is 5.57. The summed E-state index contributed by atoms with van der Waals surface area (Å²) < 4.78 is 10.1. The molecule has 0 saturated heterocycles. The van der Waals surface area contributed by atoms with E-state index in [2.05, 4.69) is 0 Å². The van der Waals surface area contributed by atoms with Gasteiger partial charge in [0.2, 0.25) is 0 Å². The highest BCUT2D eigenvalue weighted by molar-refractivity contribution is 6.17. The van der Waals surface area contributed by atoms with Crippen LogP contribution in [0.3, 0.4) is 0 Å². The molecule has 1 N–H and O–H groups in total. The third kappa shape index (κ3) is 2.60. The van der Waals surface area contributed by atoms with Gasteiger partial charge in [-0.25, -0.2) is 4.79 Å². The summed E-state index contributed by atoms with van der Waals surface area (Å²) in [5, 5.41) is 8.85. The summed E-state index contributed by atoms with van der Waals surface area (Å²) in [6.45, 7) is 0.137. The van der Waals surface area contributed by atoms with Gasteiger partial charge in [-0.2, -0.15) is 0 Å². The number of carbonyl (C=O) groups excluding carboxylic acids is 1. The lowest BCUT2D eigenvalue weighted by atomic mass is 10.0. The monoisotopic (exact) mass is 246 g/mol. The summed E-state index contributed by atoms with van der Waals surface area (Å²) in [6, 6.07) is 7.17. The van der Waals surface area contributed by atoms with Gasteiger partial charge in [0.15, 0.2) is 0 Å². The maximum absolute atomic E-state index is 11.7. The molecule has 0 spiro atoms. The Kier molecular flexibility index (Phi) is 3.79. The highest BCUT2D eigenvalue weighted by atomic mass is 16.5. The number of carbonyl (C=O) groups is 1. The minimum Gasteiger partial charge on any atom is -0.497 e. The Morgan fingerprint density at radius 1 is 1.39 bits per heavy atom. The SMILES string of the molecule is COc1ccc(C2=C/C(=C/CO)COC2=O)cc1. The summed E-state index contributed by atoms with van der Waals surface area (Å²) in [7, 11) is 1.59. The van der Waals surface area contributed by atoms with Gasteiger partial charge in [-0.3, -0.25) is 0 Å². The number of cyclic esters (lactones) is 1. The van der Waals surface area contributed by atoms with Crippen LogP contribution in [0, 0.1) is 0 Å². The van der Waals surface area contributed by atoms with Crippen molar-refractivity contribution >= 4 is 11.5 Å². The van der Waals surface area contributed by atoms with E-state index in [0.717, 1.165) is 16.9 Å². The van der Waals surface area contributed by atoms with Gasteiger partial charge in [-0.05, 0) is 29.3 Å². The summed E-state index contributed by atoms with van der Waals surface area (Å²) >= 11 is 0. The molecule has 1 aliphatic heterocycles. The van der Waals surface area contributed by atoms with Gasteiger partial charge in [0.1, 0.15) is 12.4 Å². The van der Waals surface area contributed by atoms with Gasteiger partial charge in [0.05, 0.1) is 19.3 Å². The largest absolute Gasteiger partial charge is 0.497 e. The highest BCUT2D eigenvalue weighted by Crippen LogP contribution is 2.24. The van der Waals surface area contributed by atoms with Crippen LogP contribution in [0.5, 0.6) is 5.75 Å². The van der Waals surface area contributed by atoms with Crippen molar-refractivity contribution in [2.45, 2.75) is 0 Å². The molecule has 2 rings (SSSR count). The van der Waals surface area contributed by atoms with Crippen LogP contribution in [0.25, 0.3) is 5.57 Å². The normalized spacial score (nSPS) is 17.3. The van der Waals surface area contributed by atoms with E-state index in [4.69, 9.17) is 14.6 Å². The van der Waals surface area contributed by atoms with Crippen LogP contribution in [0.2, 0.25) is 0 Å². The number of esters is 1. The van der Waals surface area contributed by atoms with Crippen LogP contribution in [0.15, 0.2) is 42.0 Å². The second-order valence-corrected chi connectivity index (χ2v) is 3.82. The lowest BCUT2D eigenvalue weighted by Gasteiger charge is -2.15. The Labute approximate surface area is 105 Å². The predicted octanol–water partition coefficient (Wildman–Crippen LogP) is 1.55. The smallest absolute Gasteiger partial charge is 0.339 e. The highest BCUT2D eigenvalue weighted by Gasteiger charge is 2.19. The minimum atomic E-state index is -0.352. The molecular weight excluding hydrogens is 232 g/mol. The Morgan fingerprint density at radius 3 is 2.72 bits per heavy atom. The maximum atomic E-state index is 11.7. The lowest BCUT2D eigenvalue weighted by molar-refractivity contribution is -0.136. The second kappa shape index (κ2) is 5.51. The molecule has 0 radical (unpaired) electrons. The van der Waals surface area contributed by atoms with E-state index in [9.17, 15) is 4.79 Å². The molecule has 0 aromatic heterocycles. The minimum absolute atomic E-state index is 0.0702. The molecule has 0 amide bonds. The standard InChI is InChI=1S/C14H14O4/c1-17-12-4-2-11(3-5-12)13-8-10(6-7-15)9-18-14(13)16/h2-6,8,15H,7,9H2,1H3/b10-6-. The topological polar surface area (TPSA) is 55.8 Å². The number of benzene rings is 1. The number of methoxy groups -OCH3 is 1. The van der Waals surface area contributed by atoms with E-state index in [1.807, 2.05) is 0 Å². The number of aliphatic hydroxyl groups is 1. The molecule has 0 saturated carbocycles. The Bertz CT molecular complexity index is 497.